The van der Waals surface area contributed by atoms with Gasteiger partial charge in [0.2, 0.25) is 0 Å². The van der Waals surface area contributed by atoms with Gasteiger partial charge in [0.25, 0.3) is 0 Å². The predicted molar refractivity (Wildman–Crippen MR) is 85.3 cm³/mol. The number of rotatable bonds is 2. The maximum atomic E-state index is 10.1. The molecule has 3 aromatic rings. The molecule has 0 atom stereocenters. The van der Waals surface area contributed by atoms with Crippen molar-refractivity contribution < 1.29 is 5.11 Å². The summed E-state index contributed by atoms with van der Waals surface area (Å²) in [5, 5.41) is 17.2. The maximum Gasteiger partial charge on any atom is 0.200 e. The van der Waals surface area contributed by atoms with E-state index >= 15 is 0 Å². The number of nitrogens with zero attached hydrogens (tertiary/aromatic N) is 2. The topological polar surface area (TPSA) is 53.8 Å². The SMILES string of the molecule is Cc1cccc(-n2c(-c3ccccc3O)n[nH]c2=S)c1C. The highest BCUT2D eigenvalue weighted by molar-refractivity contribution is 7.71. The van der Waals surface area contributed by atoms with Crippen LogP contribution < -0.4 is 0 Å². The van der Waals surface area contributed by atoms with Crippen molar-refractivity contribution in [2.45, 2.75) is 13.8 Å². The van der Waals surface area contributed by atoms with Crippen molar-refractivity contribution in [3.63, 3.8) is 0 Å². The van der Waals surface area contributed by atoms with Crippen LogP contribution in [-0.2, 0) is 0 Å². The van der Waals surface area contributed by atoms with Crippen LogP contribution in [0.3, 0.4) is 0 Å². The summed E-state index contributed by atoms with van der Waals surface area (Å²) in [4.78, 5) is 0. The first-order chi connectivity index (χ1) is 10.1. The molecular weight excluding hydrogens is 282 g/mol. The largest absolute Gasteiger partial charge is 0.507 e. The summed E-state index contributed by atoms with van der Waals surface area (Å²) < 4.78 is 2.36. The fourth-order valence-corrected chi connectivity index (χ4v) is 2.57. The van der Waals surface area contributed by atoms with E-state index < -0.39 is 0 Å². The van der Waals surface area contributed by atoms with Crippen molar-refractivity contribution in [2.75, 3.05) is 0 Å². The molecule has 4 nitrogen and oxygen atoms in total. The molecule has 0 bridgehead atoms. The van der Waals surface area contributed by atoms with E-state index in [-0.39, 0.29) is 5.75 Å². The number of para-hydroxylation sites is 1. The van der Waals surface area contributed by atoms with E-state index in [1.807, 2.05) is 35.8 Å². The third-order valence-corrected chi connectivity index (χ3v) is 3.91. The Labute approximate surface area is 127 Å². The summed E-state index contributed by atoms with van der Waals surface area (Å²) in [7, 11) is 0. The van der Waals surface area contributed by atoms with Crippen LogP contribution in [0, 0.1) is 18.6 Å². The van der Waals surface area contributed by atoms with Crippen molar-refractivity contribution in [3.05, 3.63) is 58.4 Å². The van der Waals surface area contributed by atoms with E-state index in [1.54, 1.807) is 12.1 Å². The number of aromatic hydroxyl groups is 1. The number of hydrogen-bond acceptors (Lipinski definition) is 3. The Kier molecular flexibility index (Phi) is 3.35. The lowest BCUT2D eigenvalue weighted by molar-refractivity contribution is 0.476. The highest BCUT2D eigenvalue weighted by Gasteiger charge is 2.15. The van der Waals surface area contributed by atoms with Crippen LogP contribution in [0.4, 0.5) is 0 Å². The first kappa shape index (κ1) is 13.6. The Morgan fingerprint density at radius 1 is 1.10 bits per heavy atom. The average Bonchev–Trinajstić information content (AvgIpc) is 2.84. The molecule has 0 amide bonds. The van der Waals surface area contributed by atoms with Crippen LogP contribution in [0.25, 0.3) is 17.1 Å². The predicted octanol–water partition coefficient (Wildman–Crippen LogP) is 3.92. The molecule has 2 N–H and O–H groups in total. The number of aromatic amines is 1. The highest BCUT2D eigenvalue weighted by atomic mass is 32.1. The molecule has 0 saturated heterocycles. The smallest absolute Gasteiger partial charge is 0.200 e. The van der Waals surface area contributed by atoms with Gasteiger partial charge in [-0.3, -0.25) is 9.67 Å². The number of phenols is 1. The third kappa shape index (κ3) is 2.25. The van der Waals surface area contributed by atoms with Crippen LogP contribution in [0.1, 0.15) is 11.1 Å². The van der Waals surface area contributed by atoms with Crippen LogP contribution in [0.2, 0.25) is 0 Å². The van der Waals surface area contributed by atoms with Crippen molar-refractivity contribution in [1.29, 1.82) is 0 Å². The van der Waals surface area contributed by atoms with E-state index in [0.717, 1.165) is 11.3 Å². The van der Waals surface area contributed by atoms with E-state index in [4.69, 9.17) is 12.2 Å². The van der Waals surface area contributed by atoms with Gasteiger partial charge < -0.3 is 5.11 Å². The lowest BCUT2D eigenvalue weighted by Crippen LogP contribution is -2.01. The minimum Gasteiger partial charge on any atom is -0.507 e. The number of phenolic OH excluding ortho intramolecular Hbond substituents is 1. The van der Waals surface area contributed by atoms with Gasteiger partial charge in [0.1, 0.15) is 5.75 Å². The van der Waals surface area contributed by atoms with Crippen LogP contribution in [-0.4, -0.2) is 19.9 Å². The number of benzene rings is 2. The monoisotopic (exact) mass is 297 g/mol. The van der Waals surface area contributed by atoms with Gasteiger partial charge >= 0.3 is 0 Å². The molecule has 106 valence electrons. The summed E-state index contributed by atoms with van der Waals surface area (Å²) in [5.41, 5.74) is 3.92. The Hall–Kier alpha value is -2.40. The lowest BCUT2D eigenvalue weighted by atomic mass is 10.1. The molecule has 0 aliphatic heterocycles. The van der Waals surface area contributed by atoms with Crippen molar-refractivity contribution >= 4 is 12.2 Å². The zero-order valence-corrected chi connectivity index (χ0v) is 12.6. The first-order valence-electron chi connectivity index (χ1n) is 6.62. The van der Waals surface area contributed by atoms with Gasteiger partial charge in [0.15, 0.2) is 10.6 Å². The van der Waals surface area contributed by atoms with Gasteiger partial charge in [0, 0.05) is 0 Å². The second-order valence-electron chi connectivity index (χ2n) is 4.92. The number of H-pyrrole nitrogens is 1. The van der Waals surface area contributed by atoms with Gasteiger partial charge in [-0.15, -0.1) is 0 Å². The van der Waals surface area contributed by atoms with E-state index in [9.17, 15) is 5.11 Å². The quantitative estimate of drug-likeness (QED) is 0.705. The molecule has 3 rings (SSSR count). The Balaban J connectivity index is 2.31. The Bertz CT molecular complexity index is 864. The summed E-state index contributed by atoms with van der Waals surface area (Å²) in [6.07, 6.45) is 0. The molecule has 0 aliphatic rings. The molecule has 0 unspecified atom stereocenters. The molecule has 0 saturated carbocycles. The van der Waals surface area contributed by atoms with Crippen LogP contribution >= 0.6 is 12.2 Å². The molecule has 1 heterocycles. The second kappa shape index (κ2) is 5.18. The van der Waals surface area contributed by atoms with Crippen LogP contribution in [0.5, 0.6) is 5.75 Å². The molecule has 0 fully saturated rings. The molecular formula is C16H15N3OS. The number of aryl methyl sites for hydroxylation is 1. The van der Waals surface area contributed by atoms with Gasteiger partial charge in [-0.2, -0.15) is 5.10 Å². The van der Waals surface area contributed by atoms with Crippen molar-refractivity contribution in [3.8, 4) is 22.8 Å². The summed E-state index contributed by atoms with van der Waals surface area (Å²) in [6.45, 7) is 4.11. The number of nitrogens with one attached hydrogen (secondary N) is 1. The van der Waals surface area contributed by atoms with Crippen molar-refractivity contribution in [2.24, 2.45) is 0 Å². The zero-order valence-electron chi connectivity index (χ0n) is 11.8. The highest BCUT2D eigenvalue weighted by Crippen LogP contribution is 2.30. The fraction of sp³-hybridized carbons (Fsp3) is 0.125. The molecule has 1 aromatic heterocycles. The minimum absolute atomic E-state index is 0.179. The Morgan fingerprint density at radius 3 is 2.62 bits per heavy atom. The minimum atomic E-state index is 0.179. The molecule has 0 aliphatic carbocycles. The molecule has 5 heteroatoms. The van der Waals surface area contributed by atoms with Gasteiger partial charge in [0.05, 0.1) is 11.3 Å². The number of aromatic nitrogens is 3. The molecule has 21 heavy (non-hydrogen) atoms. The van der Waals surface area contributed by atoms with Gasteiger partial charge in [-0.05, 0) is 55.4 Å². The Morgan fingerprint density at radius 2 is 1.86 bits per heavy atom. The van der Waals surface area contributed by atoms with E-state index in [2.05, 4.69) is 23.2 Å². The summed E-state index contributed by atoms with van der Waals surface area (Å²) >= 11 is 5.36. The first-order valence-corrected chi connectivity index (χ1v) is 7.03. The maximum absolute atomic E-state index is 10.1. The standard InChI is InChI=1S/C16H15N3OS/c1-10-6-5-8-13(11(10)2)19-15(17-18-16(19)21)12-7-3-4-9-14(12)20/h3-9,20H,1-2H3,(H,18,21). The zero-order chi connectivity index (χ0) is 15.0. The second-order valence-corrected chi connectivity index (χ2v) is 5.31. The van der Waals surface area contributed by atoms with Crippen LogP contribution in [0.15, 0.2) is 42.5 Å². The molecule has 2 aromatic carbocycles. The van der Waals surface area contributed by atoms with Crippen molar-refractivity contribution in [1.82, 2.24) is 14.8 Å². The normalized spacial score (nSPS) is 10.8. The lowest BCUT2D eigenvalue weighted by Gasteiger charge is -2.12. The summed E-state index contributed by atoms with van der Waals surface area (Å²) in [5.74, 6) is 0.782. The van der Waals surface area contributed by atoms with Gasteiger partial charge in [-0.1, -0.05) is 24.3 Å². The van der Waals surface area contributed by atoms with Gasteiger partial charge in [-0.25, -0.2) is 0 Å². The summed E-state index contributed by atoms with van der Waals surface area (Å²) in [6, 6.07) is 13.1. The molecule has 0 radical (unpaired) electrons. The molecule has 0 spiro atoms. The average molecular weight is 297 g/mol. The number of hydrogen-bond donors (Lipinski definition) is 2. The third-order valence-electron chi connectivity index (χ3n) is 3.63. The van der Waals surface area contributed by atoms with E-state index in [1.165, 1.54) is 5.56 Å². The van der Waals surface area contributed by atoms with E-state index in [0.29, 0.717) is 16.2 Å². The fourth-order valence-electron chi connectivity index (χ4n) is 2.34.